The third-order valence-corrected chi connectivity index (χ3v) is 13.1. The van der Waals surface area contributed by atoms with Gasteiger partial charge < -0.3 is 13.6 Å². The zero-order chi connectivity index (χ0) is 36.5. The van der Waals surface area contributed by atoms with Gasteiger partial charge in [-0.15, -0.1) is 11.3 Å². The normalized spacial score (nSPS) is 12.3. The van der Waals surface area contributed by atoms with Crippen LogP contribution in [-0.2, 0) is 0 Å². The Morgan fingerprint density at radius 2 is 1.00 bits per heavy atom. The van der Waals surface area contributed by atoms with E-state index in [1.54, 1.807) is 0 Å². The van der Waals surface area contributed by atoms with Gasteiger partial charge in [0.05, 0.1) is 37.8 Å². The zero-order valence-electron chi connectivity index (χ0n) is 30.0. The molecule has 13 aromatic rings. The number of benzene rings is 9. The first-order valence-corrected chi connectivity index (χ1v) is 19.9. The number of hydrogen-bond donors (Lipinski definition) is 0. The number of furan rings is 1. The standard InChI is InChI=1S/C52H30N2OS/c1-2-13-33(14-3-1)53-41-20-9-6-15-34(41)39-29-31(25-27-43(39)53)32-26-28-45-40(30-32)50-44(22-12-23-46(50)55-45)54-42-21-10-7-18-37(42)48-35-16-4-5-17-36(35)49-38-19-8-11-24-47(38)56-52(49)51(48)54/h1-30H. The first-order valence-electron chi connectivity index (χ1n) is 19.1. The topological polar surface area (TPSA) is 23.0 Å². The van der Waals surface area contributed by atoms with Gasteiger partial charge in [-0.1, -0.05) is 115 Å². The van der Waals surface area contributed by atoms with Crippen LogP contribution in [0.3, 0.4) is 0 Å². The van der Waals surface area contributed by atoms with E-state index >= 15 is 0 Å². The third-order valence-electron chi connectivity index (χ3n) is 11.9. The van der Waals surface area contributed by atoms with Gasteiger partial charge in [0.15, 0.2) is 0 Å². The van der Waals surface area contributed by atoms with E-state index in [0.717, 1.165) is 38.9 Å². The van der Waals surface area contributed by atoms with Crippen molar-refractivity contribution < 1.29 is 4.42 Å². The molecule has 260 valence electrons. The van der Waals surface area contributed by atoms with E-state index in [4.69, 9.17) is 4.42 Å². The largest absolute Gasteiger partial charge is 0.456 e. The zero-order valence-corrected chi connectivity index (χ0v) is 30.8. The summed E-state index contributed by atoms with van der Waals surface area (Å²) in [4.78, 5) is 0. The minimum Gasteiger partial charge on any atom is -0.456 e. The van der Waals surface area contributed by atoms with Crippen LogP contribution in [0.1, 0.15) is 0 Å². The van der Waals surface area contributed by atoms with Crippen molar-refractivity contribution in [3.63, 3.8) is 0 Å². The van der Waals surface area contributed by atoms with Gasteiger partial charge in [0.2, 0.25) is 0 Å². The van der Waals surface area contributed by atoms with Gasteiger partial charge >= 0.3 is 0 Å². The summed E-state index contributed by atoms with van der Waals surface area (Å²) in [6.45, 7) is 0. The van der Waals surface area contributed by atoms with Crippen LogP contribution in [0.2, 0.25) is 0 Å². The van der Waals surface area contributed by atoms with Gasteiger partial charge in [-0.2, -0.15) is 0 Å². The van der Waals surface area contributed by atoms with Crippen molar-refractivity contribution >= 4 is 108 Å². The molecule has 0 saturated heterocycles. The lowest BCUT2D eigenvalue weighted by molar-refractivity contribution is 0.669. The van der Waals surface area contributed by atoms with Gasteiger partial charge in [-0.05, 0) is 88.6 Å². The molecule has 0 amide bonds. The molecule has 13 rings (SSSR count). The molecular weight excluding hydrogens is 701 g/mol. The van der Waals surface area contributed by atoms with Crippen LogP contribution < -0.4 is 0 Å². The fourth-order valence-corrected chi connectivity index (χ4v) is 10.8. The Balaban J connectivity index is 1.10. The molecule has 0 aliphatic heterocycles. The van der Waals surface area contributed by atoms with Crippen LogP contribution in [0.25, 0.3) is 119 Å². The highest BCUT2D eigenvalue weighted by Crippen LogP contribution is 2.49. The van der Waals surface area contributed by atoms with Crippen molar-refractivity contribution in [2.45, 2.75) is 0 Å². The summed E-state index contributed by atoms with van der Waals surface area (Å²) in [5.41, 5.74) is 11.2. The van der Waals surface area contributed by atoms with Crippen LogP contribution in [0.15, 0.2) is 186 Å². The molecule has 0 radical (unpaired) electrons. The Morgan fingerprint density at radius 3 is 1.82 bits per heavy atom. The molecule has 0 bridgehead atoms. The fourth-order valence-electron chi connectivity index (χ4n) is 9.56. The molecule has 0 fully saturated rings. The lowest BCUT2D eigenvalue weighted by Gasteiger charge is -2.12. The monoisotopic (exact) mass is 730 g/mol. The summed E-state index contributed by atoms with van der Waals surface area (Å²) < 4.78 is 14.2. The number of thiophene rings is 1. The van der Waals surface area contributed by atoms with Gasteiger partial charge in [-0.25, -0.2) is 0 Å². The average Bonchev–Trinajstić information content (AvgIpc) is 4.01. The van der Waals surface area contributed by atoms with E-state index < -0.39 is 0 Å². The van der Waals surface area contributed by atoms with Crippen LogP contribution in [0.5, 0.6) is 0 Å². The Hall–Kier alpha value is -7.14. The highest BCUT2D eigenvalue weighted by molar-refractivity contribution is 7.27. The molecule has 0 unspecified atom stereocenters. The highest BCUT2D eigenvalue weighted by atomic mass is 32.1. The molecule has 4 aromatic heterocycles. The number of aromatic nitrogens is 2. The second-order valence-corrected chi connectivity index (χ2v) is 15.9. The van der Waals surface area contributed by atoms with E-state index in [1.807, 2.05) is 11.3 Å². The first kappa shape index (κ1) is 30.2. The van der Waals surface area contributed by atoms with Crippen LogP contribution in [-0.4, -0.2) is 9.13 Å². The summed E-state index contributed by atoms with van der Waals surface area (Å²) in [6, 6.07) is 66.2. The summed E-state index contributed by atoms with van der Waals surface area (Å²) in [5.74, 6) is 0. The second-order valence-electron chi connectivity index (χ2n) is 14.8. The molecule has 0 aliphatic carbocycles. The van der Waals surface area contributed by atoms with Crippen molar-refractivity contribution in [1.29, 1.82) is 0 Å². The average molecular weight is 731 g/mol. The molecule has 0 N–H and O–H groups in total. The molecule has 9 aromatic carbocycles. The SMILES string of the molecule is c1ccc(-n2c3ccccc3c3cc(-c4ccc5oc6cccc(-n7c8ccccc8c8c9ccccc9c9c%10ccccc%10sc9c87)c6c5c4)ccc32)cc1. The Kier molecular flexibility index (Phi) is 6.04. The summed E-state index contributed by atoms with van der Waals surface area (Å²) in [7, 11) is 0. The van der Waals surface area contributed by atoms with Crippen molar-refractivity contribution in [3.8, 4) is 22.5 Å². The van der Waals surface area contributed by atoms with Crippen molar-refractivity contribution in [2.75, 3.05) is 0 Å². The fraction of sp³-hybridized carbons (Fsp3) is 0. The minimum absolute atomic E-state index is 0.885. The quantitative estimate of drug-likeness (QED) is 0.177. The lowest BCUT2D eigenvalue weighted by Crippen LogP contribution is -1.95. The molecule has 0 spiro atoms. The lowest BCUT2D eigenvalue weighted by atomic mass is 9.99. The molecule has 4 heterocycles. The third kappa shape index (κ3) is 4.01. The van der Waals surface area contributed by atoms with Crippen molar-refractivity contribution in [1.82, 2.24) is 9.13 Å². The molecule has 4 heteroatoms. The number of rotatable bonds is 3. The molecule has 0 aliphatic rings. The Bertz CT molecular complexity index is 3770. The van der Waals surface area contributed by atoms with E-state index in [0.29, 0.717) is 0 Å². The number of fused-ring (bicyclic) bond motifs is 16. The van der Waals surface area contributed by atoms with Crippen LogP contribution in [0, 0.1) is 0 Å². The van der Waals surface area contributed by atoms with E-state index in [9.17, 15) is 0 Å². The summed E-state index contributed by atoms with van der Waals surface area (Å²) >= 11 is 1.90. The molecule has 56 heavy (non-hydrogen) atoms. The van der Waals surface area contributed by atoms with Crippen molar-refractivity contribution in [3.05, 3.63) is 182 Å². The highest BCUT2D eigenvalue weighted by Gasteiger charge is 2.24. The predicted molar refractivity (Wildman–Crippen MR) is 238 cm³/mol. The first-order chi connectivity index (χ1) is 27.8. The molecule has 0 atom stereocenters. The van der Waals surface area contributed by atoms with Crippen LogP contribution in [0.4, 0.5) is 0 Å². The summed E-state index contributed by atoms with van der Waals surface area (Å²) in [5, 5.41) is 12.5. The maximum absolute atomic E-state index is 6.68. The Labute approximate surface area is 324 Å². The van der Waals surface area contributed by atoms with Gasteiger partial charge in [0, 0.05) is 48.1 Å². The van der Waals surface area contributed by atoms with E-state index in [2.05, 4.69) is 191 Å². The van der Waals surface area contributed by atoms with Gasteiger partial charge in [0.1, 0.15) is 11.2 Å². The predicted octanol–water partition coefficient (Wildman–Crippen LogP) is 15.0. The summed E-state index contributed by atoms with van der Waals surface area (Å²) in [6.07, 6.45) is 0. The number of hydrogen-bond acceptors (Lipinski definition) is 2. The van der Waals surface area contributed by atoms with Crippen molar-refractivity contribution in [2.24, 2.45) is 0 Å². The van der Waals surface area contributed by atoms with Crippen LogP contribution >= 0.6 is 11.3 Å². The van der Waals surface area contributed by atoms with E-state index in [1.165, 1.54) is 80.1 Å². The van der Waals surface area contributed by atoms with Gasteiger partial charge in [-0.3, -0.25) is 0 Å². The molecular formula is C52H30N2OS. The number of nitrogens with zero attached hydrogens (tertiary/aromatic N) is 2. The minimum atomic E-state index is 0.885. The molecule has 3 nitrogen and oxygen atoms in total. The second kappa shape index (κ2) is 11.2. The maximum Gasteiger partial charge on any atom is 0.137 e. The van der Waals surface area contributed by atoms with Gasteiger partial charge in [0.25, 0.3) is 0 Å². The Morgan fingerprint density at radius 1 is 0.375 bits per heavy atom. The number of para-hydroxylation sites is 3. The molecule has 0 saturated carbocycles. The van der Waals surface area contributed by atoms with E-state index in [-0.39, 0.29) is 0 Å². The smallest absolute Gasteiger partial charge is 0.137 e. The maximum atomic E-state index is 6.68.